The molecule has 6 nitrogen and oxygen atoms in total. The van der Waals surface area contributed by atoms with E-state index < -0.39 is 0 Å². The maximum Gasteiger partial charge on any atom is 0.159 e. The molecule has 0 aliphatic rings. The SMILES string of the molecule is Cc1cc(C)cc(-c2cc(C)c(-n3c(-c4[c-]cccc4)nnc3-c3ccccc3C)c(C)c2)c1.Cc1ccccc1-c1nnc(-c2[c-]cccc2)n1-c1c(C(C)C)cccc1C(C)C.[Ir].[Ir]. The van der Waals surface area contributed by atoms with Crippen LogP contribution in [0.2, 0.25) is 0 Å². The third kappa shape index (κ3) is 10.2. The third-order valence-electron chi connectivity index (χ3n) is 11.8. The summed E-state index contributed by atoms with van der Waals surface area (Å²) in [4.78, 5) is 0. The molecule has 0 saturated carbocycles. The molecule has 0 atom stereocenters. The first kappa shape index (κ1) is 49.6. The number of benzene rings is 7. The van der Waals surface area contributed by atoms with E-state index in [9.17, 15) is 0 Å². The van der Waals surface area contributed by atoms with E-state index in [0.717, 1.165) is 51.2 Å². The first-order valence-electron chi connectivity index (χ1n) is 22.2. The van der Waals surface area contributed by atoms with E-state index in [0.29, 0.717) is 11.8 Å². The first-order chi connectivity index (χ1) is 30.9. The average Bonchev–Trinajstić information content (AvgIpc) is 3.92. The topological polar surface area (TPSA) is 61.4 Å². The Labute approximate surface area is 418 Å². The molecule has 338 valence electrons. The van der Waals surface area contributed by atoms with Gasteiger partial charge in [-0.2, -0.15) is 10.2 Å². The van der Waals surface area contributed by atoms with Crippen LogP contribution < -0.4 is 0 Å². The van der Waals surface area contributed by atoms with Crippen LogP contribution in [0.15, 0.2) is 146 Å². The standard InChI is InChI=1S/C31H28N3.C27H28N3.2Ir/c1-20-15-21(2)17-26(16-20)27-18-23(4)29(24(5)19-27)34-30(25-12-7-6-8-13-25)32-33-31(34)28-14-10-9-11-22(28)3;1-18(2)22-16-11-17-23(19(3)4)25(22)30-26(21-13-7-6-8-14-21)28-29-27(30)24-15-10-9-12-20(24)5;;/h6-12,14-19H,1-5H3;6-13,15-19H,1-5H3;;/q2*-1;;. The van der Waals surface area contributed by atoms with Crippen molar-refractivity contribution in [1.82, 2.24) is 29.5 Å². The molecular weight excluding hydrogens is 1170 g/mol. The van der Waals surface area contributed by atoms with Crippen molar-refractivity contribution in [3.63, 3.8) is 0 Å². The summed E-state index contributed by atoms with van der Waals surface area (Å²) in [5.74, 6) is 4.08. The molecular formula is C58H56Ir2N6-2. The van der Waals surface area contributed by atoms with Crippen LogP contribution in [-0.2, 0) is 40.2 Å². The van der Waals surface area contributed by atoms with Crippen molar-refractivity contribution < 1.29 is 40.2 Å². The maximum absolute atomic E-state index is 4.69. The molecule has 9 aromatic rings. The summed E-state index contributed by atoms with van der Waals surface area (Å²) in [5, 5.41) is 18.7. The molecule has 9 rings (SSSR count). The molecule has 0 saturated heterocycles. The normalized spacial score (nSPS) is 10.9. The minimum Gasteiger partial charge on any atom is -0.316 e. The summed E-state index contributed by atoms with van der Waals surface area (Å²) in [5.41, 5.74) is 18.7. The summed E-state index contributed by atoms with van der Waals surface area (Å²) in [6, 6.07) is 57.2. The predicted molar refractivity (Wildman–Crippen MR) is 264 cm³/mol. The number of rotatable bonds is 9. The van der Waals surface area contributed by atoms with Crippen molar-refractivity contribution in [2.24, 2.45) is 0 Å². The van der Waals surface area contributed by atoms with Crippen LogP contribution in [0.3, 0.4) is 0 Å². The zero-order valence-corrected chi connectivity index (χ0v) is 44.2. The van der Waals surface area contributed by atoms with Gasteiger partial charge in [-0.15, -0.1) is 82.0 Å². The number of aryl methyl sites for hydroxylation is 6. The Hall–Kier alpha value is -5.88. The second-order valence-electron chi connectivity index (χ2n) is 17.5. The molecule has 0 bridgehead atoms. The number of nitrogens with zero attached hydrogens (tertiary/aromatic N) is 6. The molecule has 0 N–H and O–H groups in total. The van der Waals surface area contributed by atoms with E-state index in [-0.39, 0.29) is 40.2 Å². The van der Waals surface area contributed by atoms with Crippen molar-refractivity contribution >= 4 is 0 Å². The third-order valence-corrected chi connectivity index (χ3v) is 11.8. The van der Waals surface area contributed by atoms with Crippen LogP contribution in [0, 0.1) is 53.7 Å². The fraction of sp³-hybridized carbons (Fsp3) is 0.207. The van der Waals surface area contributed by atoms with Gasteiger partial charge in [0.05, 0.1) is 11.6 Å². The minimum atomic E-state index is 0. The summed E-state index contributed by atoms with van der Waals surface area (Å²) in [6.45, 7) is 21.9. The Morgan fingerprint density at radius 3 is 1.20 bits per heavy atom. The molecule has 8 heteroatoms. The fourth-order valence-corrected chi connectivity index (χ4v) is 8.79. The van der Waals surface area contributed by atoms with Gasteiger partial charge in [0.25, 0.3) is 0 Å². The van der Waals surface area contributed by atoms with Crippen molar-refractivity contribution in [3.8, 4) is 68.1 Å². The molecule has 66 heavy (non-hydrogen) atoms. The molecule has 2 aromatic heterocycles. The van der Waals surface area contributed by atoms with Crippen LogP contribution in [-0.4, -0.2) is 29.5 Å². The second-order valence-corrected chi connectivity index (χ2v) is 17.5. The second kappa shape index (κ2) is 21.6. The zero-order chi connectivity index (χ0) is 45.1. The molecule has 0 spiro atoms. The van der Waals surface area contributed by atoms with Crippen molar-refractivity contribution in [3.05, 3.63) is 202 Å². The Balaban J connectivity index is 0.000000213. The molecule has 0 aliphatic heterocycles. The van der Waals surface area contributed by atoms with Gasteiger partial charge in [-0.1, -0.05) is 124 Å². The first-order valence-corrected chi connectivity index (χ1v) is 22.2. The summed E-state index contributed by atoms with van der Waals surface area (Å²) in [7, 11) is 0. The van der Waals surface area contributed by atoms with Gasteiger partial charge in [0, 0.05) is 62.7 Å². The molecule has 2 radical (unpaired) electrons. The number of hydrogen-bond donors (Lipinski definition) is 0. The molecule has 0 fully saturated rings. The predicted octanol–water partition coefficient (Wildman–Crippen LogP) is 14.6. The Kier molecular flexibility index (Phi) is 16.2. The monoisotopic (exact) mass is 1220 g/mol. The molecule has 0 unspecified atom stereocenters. The summed E-state index contributed by atoms with van der Waals surface area (Å²) >= 11 is 0. The molecule has 0 aliphatic carbocycles. The van der Waals surface area contributed by atoms with Crippen molar-refractivity contribution in [2.45, 2.75) is 81.1 Å². The largest absolute Gasteiger partial charge is 0.316 e. The maximum atomic E-state index is 4.69. The molecule has 2 heterocycles. The van der Waals surface area contributed by atoms with Gasteiger partial charge in [0.15, 0.2) is 11.6 Å². The van der Waals surface area contributed by atoms with Crippen LogP contribution in [0.4, 0.5) is 0 Å². The van der Waals surface area contributed by atoms with E-state index in [1.165, 1.54) is 61.3 Å². The van der Waals surface area contributed by atoms with E-state index in [1.54, 1.807) is 0 Å². The van der Waals surface area contributed by atoms with Gasteiger partial charge in [-0.3, -0.25) is 0 Å². The van der Waals surface area contributed by atoms with Gasteiger partial charge >= 0.3 is 0 Å². The number of aromatic nitrogens is 6. The van der Waals surface area contributed by atoms with E-state index in [4.69, 9.17) is 5.10 Å². The Bertz CT molecular complexity index is 3000. The number of para-hydroxylation sites is 1. The zero-order valence-electron chi connectivity index (χ0n) is 39.4. The van der Waals surface area contributed by atoms with E-state index >= 15 is 0 Å². The molecule has 0 amide bonds. The van der Waals surface area contributed by atoms with Gasteiger partial charge in [-0.25, -0.2) is 0 Å². The fourth-order valence-electron chi connectivity index (χ4n) is 8.79. The summed E-state index contributed by atoms with van der Waals surface area (Å²) in [6.07, 6.45) is 0. The van der Waals surface area contributed by atoms with Crippen LogP contribution in [0.1, 0.15) is 84.0 Å². The summed E-state index contributed by atoms with van der Waals surface area (Å²) < 4.78 is 4.45. The Morgan fingerprint density at radius 1 is 0.394 bits per heavy atom. The van der Waals surface area contributed by atoms with Crippen molar-refractivity contribution in [2.75, 3.05) is 0 Å². The van der Waals surface area contributed by atoms with Gasteiger partial charge in [0.1, 0.15) is 0 Å². The quantitative estimate of drug-likeness (QED) is 0.135. The molecule has 7 aromatic carbocycles. The van der Waals surface area contributed by atoms with Crippen LogP contribution in [0.5, 0.6) is 0 Å². The van der Waals surface area contributed by atoms with Gasteiger partial charge in [0.2, 0.25) is 0 Å². The van der Waals surface area contributed by atoms with Gasteiger partial charge in [-0.05, 0) is 110 Å². The average molecular weight is 1220 g/mol. The Morgan fingerprint density at radius 2 is 0.788 bits per heavy atom. The van der Waals surface area contributed by atoms with E-state index in [2.05, 4.69) is 209 Å². The van der Waals surface area contributed by atoms with Gasteiger partial charge < -0.3 is 9.13 Å². The van der Waals surface area contributed by atoms with E-state index in [1.807, 2.05) is 42.5 Å². The number of hydrogen-bond acceptors (Lipinski definition) is 4. The minimum absolute atomic E-state index is 0. The van der Waals surface area contributed by atoms with Crippen LogP contribution >= 0.6 is 0 Å². The van der Waals surface area contributed by atoms with Crippen molar-refractivity contribution in [1.29, 1.82) is 0 Å². The smallest absolute Gasteiger partial charge is 0.159 e. The van der Waals surface area contributed by atoms with Crippen LogP contribution in [0.25, 0.3) is 68.1 Å².